The predicted octanol–water partition coefficient (Wildman–Crippen LogP) is 4.06. The number of rotatable bonds is 6. The quantitative estimate of drug-likeness (QED) is 0.811. The van der Waals surface area contributed by atoms with E-state index in [4.69, 9.17) is 0 Å². The summed E-state index contributed by atoms with van der Waals surface area (Å²) in [5, 5.41) is 3.10. The Morgan fingerprint density at radius 1 is 1.29 bits per heavy atom. The SMILES string of the molecule is CC(C)Nc1ncc(C(=O)N2CCCC(CCc3ccc(F)cc3F)C2)cn1. The van der Waals surface area contributed by atoms with E-state index in [1.54, 1.807) is 12.4 Å². The van der Waals surface area contributed by atoms with Crippen molar-refractivity contribution in [3.63, 3.8) is 0 Å². The summed E-state index contributed by atoms with van der Waals surface area (Å²) in [4.78, 5) is 23.0. The van der Waals surface area contributed by atoms with E-state index in [0.29, 0.717) is 42.5 Å². The van der Waals surface area contributed by atoms with Gasteiger partial charge in [-0.25, -0.2) is 18.7 Å². The largest absolute Gasteiger partial charge is 0.352 e. The van der Waals surface area contributed by atoms with Crippen molar-refractivity contribution in [2.24, 2.45) is 5.92 Å². The molecule has 1 saturated heterocycles. The second-order valence-corrected chi connectivity index (χ2v) is 7.63. The Morgan fingerprint density at radius 3 is 2.71 bits per heavy atom. The molecule has 1 aromatic carbocycles. The number of nitrogens with zero attached hydrogens (tertiary/aromatic N) is 3. The summed E-state index contributed by atoms with van der Waals surface area (Å²) in [6, 6.07) is 3.92. The predicted molar refractivity (Wildman–Crippen MR) is 104 cm³/mol. The molecule has 1 fully saturated rings. The minimum atomic E-state index is -0.562. The van der Waals surface area contributed by atoms with Crippen molar-refractivity contribution in [3.05, 3.63) is 53.4 Å². The number of hydrogen-bond acceptors (Lipinski definition) is 4. The maximum absolute atomic E-state index is 13.8. The molecule has 1 aromatic heterocycles. The summed E-state index contributed by atoms with van der Waals surface area (Å²) in [7, 11) is 0. The number of benzene rings is 1. The fourth-order valence-corrected chi connectivity index (χ4v) is 3.52. The van der Waals surface area contributed by atoms with Crippen molar-refractivity contribution < 1.29 is 13.6 Å². The topological polar surface area (TPSA) is 58.1 Å². The molecule has 1 N–H and O–H groups in total. The van der Waals surface area contributed by atoms with Gasteiger partial charge in [-0.05, 0) is 57.1 Å². The first-order valence-corrected chi connectivity index (χ1v) is 9.74. The molecule has 150 valence electrons. The number of nitrogens with one attached hydrogen (secondary N) is 1. The molecule has 28 heavy (non-hydrogen) atoms. The van der Waals surface area contributed by atoms with Gasteiger partial charge in [-0.2, -0.15) is 0 Å². The minimum Gasteiger partial charge on any atom is -0.352 e. The van der Waals surface area contributed by atoms with E-state index in [9.17, 15) is 13.6 Å². The van der Waals surface area contributed by atoms with Gasteiger partial charge in [0, 0.05) is 37.6 Å². The highest BCUT2D eigenvalue weighted by molar-refractivity contribution is 5.93. The van der Waals surface area contributed by atoms with Crippen LogP contribution in [0.1, 0.15) is 49.0 Å². The van der Waals surface area contributed by atoms with Gasteiger partial charge in [-0.1, -0.05) is 6.07 Å². The molecule has 2 aromatic rings. The molecule has 5 nitrogen and oxygen atoms in total. The van der Waals surface area contributed by atoms with E-state index in [1.165, 1.54) is 12.1 Å². The third-order valence-electron chi connectivity index (χ3n) is 4.96. The number of carbonyl (C=O) groups excluding carboxylic acids is 1. The summed E-state index contributed by atoms with van der Waals surface area (Å²) in [6.45, 7) is 5.32. The molecular formula is C21H26F2N4O. The van der Waals surface area contributed by atoms with Gasteiger partial charge < -0.3 is 10.2 Å². The molecule has 0 saturated carbocycles. The van der Waals surface area contributed by atoms with E-state index in [1.807, 2.05) is 18.7 Å². The van der Waals surface area contributed by atoms with Gasteiger partial charge in [0.05, 0.1) is 5.56 Å². The van der Waals surface area contributed by atoms with Gasteiger partial charge in [0.15, 0.2) is 0 Å². The number of amides is 1. The van der Waals surface area contributed by atoms with Crippen LogP contribution in [0.2, 0.25) is 0 Å². The number of aromatic nitrogens is 2. The van der Waals surface area contributed by atoms with Crippen LogP contribution in [0, 0.1) is 17.6 Å². The fraction of sp³-hybridized carbons (Fsp3) is 0.476. The Morgan fingerprint density at radius 2 is 2.04 bits per heavy atom. The Balaban J connectivity index is 1.57. The van der Waals surface area contributed by atoms with Gasteiger partial charge in [-0.3, -0.25) is 4.79 Å². The van der Waals surface area contributed by atoms with Crippen molar-refractivity contribution in [1.82, 2.24) is 14.9 Å². The van der Waals surface area contributed by atoms with Crippen molar-refractivity contribution in [2.45, 2.75) is 45.6 Å². The molecule has 1 aliphatic rings. The molecule has 1 aliphatic heterocycles. The lowest BCUT2D eigenvalue weighted by molar-refractivity contribution is 0.0667. The minimum absolute atomic E-state index is 0.0752. The molecule has 0 radical (unpaired) electrons. The smallest absolute Gasteiger partial charge is 0.257 e. The van der Waals surface area contributed by atoms with E-state index in [-0.39, 0.29) is 11.9 Å². The number of likely N-dealkylation sites (tertiary alicyclic amines) is 1. The second-order valence-electron chi connectivity index (χ2n) is 7.63. The van der Waals surface area contributed by atoms with Crippen molar-refractivity contribution in [3.8, 4) is 0 Å². The summed E-state index contributed by atoms with van der Waals surface area (Å²) in [5.41, 5.74) is 0.992. The monoisotopic (exact) mass is 388 g/mol. The van der Waals surface area contributed by atoms with Crippen molar-refractivity contribution >= 4 is 11.9 Å². The lowest BCUT2D eigenvalue weighted by Gasteiger charge is -2.33. The zero-order chi connectivity index (χ0) is 20.1. The zero-order valence-corrected chi connectivity index (χ0v) is 16.3. The first-order valence-electron chi connectivity index (χ1n) is 9.74. The first kappa shape index (κ1) is 20.2. The average molecular weight is 388 g/mol. The summed E-state index contributed by atoms with van der Waals surface area (Å²) >= 11 is 0. The number of piperidine rings is 1. The number of halogens is 2. The van der Waals surface area contributed by atoms with Crippen LogP contribution >= 0.6 is 0 Å². The van der Waals surface area contributed by atoms with Crippen LogP contribution in [0.25, 0.3) is 0 Å². The molecule has 0 bridgehead atoms. The van der Waals surface area contributed by atoms with Gasteiger partial charge >= 0.3 is 0 Å². The third-order valence-corrected chi connectivity index (χ3v) is 4.96. The molecule has 1 atom stereocenters. The zero-order valence-electron chi connectivity index (χ0n) is 16.3. The highest BCUT2D eigenvalue weighted by Gasteiger charge is 2.25. The maximum Gasteiger partial charge on any atom is 0.257 e. The van der Waals surface area contributed by atoms with E-state index < -0.39 is 11.6 Å². The summed E-state index contributed by atoms with van der Waals surface area (Å²) in [5.74, 6) is -0.341. The lowest BCUT2D eigenvalue weighted by atomic mass is 9.91. The maximum atomic E-state index is 13.8. The normalized spacial score (nSPS) is 17.0. The van der Waals surface area contributed by atoms with Crippen molar-refractivity contribution in [1.29, 1.82) is 0 Å². The Hall–Kier alpha value is -2.57. The number of anilines is 1. The molecule has 2 heterocycles. The van der Waals surface area contributed by atoms with E-state index in [0.717, 1.165) is 25.3 Å². The Bertz CT molecular complexity index is 811. The van der Waals surface area contributed by atoms with Crippen LogP contribution in [0.4, 0.5) is 14.7 Å². The second kappa shape index (κ2) is 9.08. The lowest BCUT2D eigenvalue weighted by Crippen LogP contribution is -2.40. The Labute approximate surface area is 164 Å². The molecule has 0 spiro atoms. The molecule has 1 amide bonds. The summed E-state index contributed by atoms with van der Waals surface area (Å²) in [6.07, 6.45) is 6.32. The van der Waals surface area contributed by atoms with Crippen LogP contribution in [-0.4, -0.2) is 39.9 Å². The molecule has 7 heteroatoms. The molecule has 3 rings (SSSR count). The first-order chi connectivity index (χ1) is 13.4. The number of carbonyl (C=O) groups is 1. The van der Waals surface area contributed by atoms with E-state index >= 15 is 0 Å². The summed E-state index contributed by atoms with van der Waals surface area (Å²) < 4.78 is 26.9. The highest BCUT2D eigenvalue weighted by Crippen LogP contribution is 2.24. The fourth-order valence-electron chi connectivity index (χ4n) is 3.52. The number of aryl methyl sites for hydroxylation is 1. The Kier molecular flexibility index (Phi) is 6.54. The van der Waals surface area contributed by atoms with Crippen molar-refractivity contribution in [2.75, 3.05) is 18.4 Å². The molecule has 1 unspecified atom stereocenters. The van der Waals surface area contributed by atoms with Crippen LogP contribution in [0.15, 0.2) is 30.6 Å². The van der Waals surface area contributed by atoms with Crippen LogP contribution < -0.4 is 5.32 Å². The van der Waals surface area contributed by atoms with Gasteiger partial charge in [0.25, 0.3) is 5.91 Å². The van der Waals surface area contributed by atoms with Crippen LogP contribution in [-0.2, 0) is 6.42 Å². The molecular weight excluding hydrogens is 362 g/mol. The highest BCUT2D eigenvalue weighted by atomic mass is 19.1. The van der Waals surface area contributed by atoms with E-state index in [2.05, 4.69) is 15.3 Å². The number of hydrogen-bond donors (Lipinski definition) is 1. The molecule has 0 aliphatic carbocycles. The van der Waals surface area contributed by atoms with Gasteiger partial charge in [0.2, 0.25) is 5.95 Å². The van der Waals surface area contributed by atoms with Gasteiger partial charge in [-0.15, -0.1) is 0 Å². The van der Waals surface area contributed by atoms with Gasteiger partial charge in [0.1, 0.15) is 11.6 Å². The van der Waals surface area contributed by atoms with Crippen LogP contribution in [0.3, 0.4) is 0 Å². The standard InChI is InChI=1S/C21H26F2N4O/c1-14(2)26-21-24-11-17(12-25-21)20(28)27-9-3-4-15(13-27)5-6-16-7-8-18(22)10-19(16)23/h7-8,10-12,14-15H,3-6,9,13H2,1-2H3,(H,24,25,26). The third kappa shape index (κ3) is 5.24. The van der Waals surface area contributed by atoms with Crippen LogP contribution in [0.5, 0.6) is 0 Å². The average Bonchev–Trinajstić information content (AvgIpc) is 2.67.